The van der Waals surface area contributed by atoms with Gasteiger partial charge < -0.3 is 11.1 Å². The highest BCUT2D eigenvalue weighted by atomic mass is 16.1. The van der Waals surface area contributed by atoms with Crippen molar-refractivity contribution in [3.8, 4) is 0 Å². The molecule has 19 heavy (non-hydrogen) atoms. The minimum atomic E-state index is -0.282. The Morgan fingerprint density at radius 3 is 2.26 bits per heavy atom. The second kappa shape index (κ2) is 6.09. The van der Waals surface area contributed by atoms with Crippen molar-refractivity contribution >= 4 is 11.6 Å². The summed E-state index contributed by atoms with van der Waals surface area (Å²) in [6.45, 7) is 4.67. The molecule has 3 N–H and O–H groups in total. The smallest absolute Gasteiger partial charge is 0.221 e. The third-order valence-corrected chi connectivity index (χ3v) is 3.88. The van der Waals surface area contributed by atoms with E-state index in [0.717, 1.165) is 23.1 Å². The van der Waals surface area contributed by atoms with Crippen molar-refractivity contribution in [1.82, 2.24) is 0 Å². The number of rotatable bonds is 4. The molecule has 1 saturated carbocycles. The molecular formula is C16H24N2O. The van der Waals surface area contributed by atoms with Crippen LogP contribution >= 0.6 is 0 Å². The zero-order chi connectivity index (χ0) is 13.8. The molecule has 1 aliphatic rings. The summed E-state index contributed by atoms with van der Waals surface area (Å²) in [6, 6.07) is 8.61. The van der Waals surface area contributed by atoms with Crippen molar-refractivity contribution in [2.45, 2.75) is 45.6 Å². The van der Waals surface area contributed by atoms with Crippen LogP contribution < -0.4 is 11.1 Å². The highest BCUT2D eigenvalue weighted by molar-refractivity contribution is 5.76. The lowest BCUT2D eigenvalue weighted by Gasteiger charge is -2.32. The van der Waals surface area contributed by atoms with Gasteiger partial charge >= 0.3 is 0 Å². The first-order valence-corrected chi connectivity index (χ1v) is 7.16. The zero-order valence-electron chi connectivity index (χ0n) is 11.9. The van der Waals surface area contributed by atoms with Crippen molar-refractivity contribution in [2.75, 3.05) is 5.32 Å². The molecular weight excluding hydrogens is 236 g/mol. The Balaban J connectivity index is 1.93. The lowest BCUT2D eigenvalue weighted by Crippen LogP contribution is -2.30. The van der Waals surface area contributed by atoms with Crippen LogP contribution in [0.4, 0.5) is 5.69 Å². The van der Waals surface area contributed by atoms with Crippen molar-refractivity contribution in [3.05, 3.63) is 29.8 Å². The van der Waals surface area contributed by atoms with E-state index in [0.29, 0.717) is 12.5 Å². The minimum absolute atomic E-state index is 0.282. The molecule has 3 heteroatoms. The molecule has 0 heterocycles. The van der Waals surface area contributed by atoms with E-state index in [1.807, 2.05) is 24.3 Å². The van der Waals surface area contributed by atoms with E-state index in [1.54, 1.807) is 0 Å². The van der Waals surface area contributed by atoms with Gasteiger partial charge in [-0.25, -0.2) is 0 Å². The number of nitrogens with two attached hydrogens (primary N) is 1. The van der Waals surface area contributed by atoms with Crippen LogP contribution in [-0.2, 0) is 11.2 Å². The maximum Gasteiger partial charge on any atom is 0.221 e. The van der Waals surface area contributed by atoms with Crippen LogP contribution in [0.3, 0.4) is 0 Å². The molecule has 1 aromatic carbocycles. The van der Waals surface area contributed by atoms with E-state index < -0.39 is 0 Å². The van der Waals surface area contributed by atoms with E-state index in [-0.39, 0.29) is 5.91 Å². The van der Waals surface area contributed by atoms with Gasteiger partial charge in [0.1, 0.15) is 0 Å². The summed E-state index contributed by atoms with van der Waals surface area (Å²) < 4.78 is 0. The van der Waals surface area contributed by atoms with Gasteiger partial charge in [0.2, 0.25) is 5.91 Å². The molecule has 0 aromatic heterocycles. The Bertz CT molecular complexity index is 417. The first kappa shape index (κ1) is 13.9. The molecule has 2 atom stereocenters. The summed E-state index contributed by atoms with van der Waals surface area (Å²) in [5.74, 6) is 1.32. The van der Waals surface area contributed by atoms with E-state index in [4.69, 9.17) is 5.73 Å². The number of anilines is 1. The average molecular weight is 260 g/mol. The van der Waals surface area contributed by atoms with Gasteiger partial charge in [0.15, 0.2) is 0 Å². The second-order valence-corrected chi connectivity index (χ2v) is 6.10. The molecule has 3 nitrogen and oxygen atoms in total. The molecule has 2 rings (SSSR count). The fraction of sp³-hybridized carbons (Fsp3) is 0.562. The number of amides is 1. The lowest BCUT2D eigenvalue weighted by atomic mass is 9.80. The minimum Gasteiger partial charge on any atom is -0.382 e. The Morgan fingerprint density at radius 1 is 1.16 bits per heavy atom. The Kier molecular flexibility index (Phi) is 4.46. The van der Waals surface area contributed by atoms with E-state index in [2.05, 4.69) is 19.2 Å². The Labute approximate surface area is 115 Å². The normalized spacial score (nSPS) is 26.9. The van der Waals surface area contributed by atoms with Gasteiger partial charge in [0.25, 0.3) is 0 Å². The number of benzene rings is 1. The highest BCUT2D eigenvalue weighted by Crippen LogP contribution is 2.30. The van der Waals surface area contributed by atoms with Crippen molar-refractivity contribution in [3.63, 3.8) is 0 Å². The molecule has 0 spiro atoms. The summed E-state index contributed by atoms with van der Waals surface area (Å²) in [4.78, 5) is 10.8. The van der Waals surface area contributed by atoms with Crippen molar-refractivity contribution < 1.29 is 4.79 Å². The first-order valence-electron chi connectivity index (χ1n) is 7.16. The van der Waals surface area contributed by atoms with E-state index in [9.17, 15) is 4.79 Å². The number of hydrogen-bond donors (Lipinski definition) is 2. The first-order chi connectivity index (χ1) is 9.02. The van der Waals surface area contributed by atoms with Gasteiger partial charge in [-0.2, -0.15) is 0 Å². The van der Waals surface area contributed by atoms with Gasteiger partial charge in [0.05, 0.1) is 6.42 Å². The molecule has 2 unspecified atom stereocenters. The Morgan fingerprint density at radius 2 is 1.74 bits per heavy atom. The lowest BCUT2D eigenvalue weighted by molar-refractivity contribution is -0.117. The molecule has 0 aliphatic heterocycles. The number of nitrogens with one attached hydrogen (secondary N) is 1. The second-order valence-electron chi connectivity index (χ2n) is 6.10. The zero-order valence-corrected chi connectivity index (χ0v) is 11.9. The third-order valence-electron chi connectivity index (χ3n) is 3.88. The van der Waals surface area contributed by atoms with Gasteiger partial charge in [-0.05, 0) is 48.8 Å². The van der Waals surface area contributed by atoms with Gasteiger partial charge in [-0.3, -0.25) is 4.79 Å². The number of hydrogen-bond acceptors (Lipinski definition) is 2. The average Bonchev–Trinajstić information content (AvgIpc) is 2.29. The van der Waals surface area contributed by atoms with Crippen molar-refractivity contribution in [2.24, 2.45) is 17.6 Å². The molecule has 1 fully saturated rings. The standard InChI is InChI=1S/C16H24N2O/c1-11-7-12(2)9-15(8-11)18-14-5-3-13(4-6-14)10-16(17)19/h3-6,11-12,15,18H,7-10H2,1-2H3,(H2,17,19). The van der Waals surface area contributed by atoms with Crippen molar-refractivity contribution in [1.29, 1.82) is 0 Å². The fourth-order valence-electron chi connectivity index (χ4n) is 3.22. The fourth-order valence-corrected chi connectivity index (χ4v) is 3.22. The molecule has 0 saturated heterocycles. The molecule has 0 radical (unpaired) electrons. The summed E-state index contributed by atoms with van der Waals surface area (Å²) in [6.07, 6.45) is 4.15. The van der Waals surface area contributed by atoms with Gasteiger partial charge in [-0.1, -0.05) is 26.0 Å². The summed E-state index contributed by atoms with van der Waals surface area (Å²) in [5, 5.41) is 3.61. The van der Waals surface area contributed by atoms with Gasteiger partial charge in [0, 0.05) is 11.7 Å². The number of carbonyl (C=O) groups excluding carboxylic acids is 1. The van der Waals surface area contributed by atoms with Crippen LogP contribution in [0.2, 0.25) is 0 Å². The number of carbonyl (C=O) groups is 1. The van der Waals surface area contributed by atoms with Crippen LogP contribution in [0.15, 0.2) is 24.3 Å². The predicted molar refractivity (Wildman–Crippen MR) is 78.9 cm³/mol. The number of primary amides is 1. The van der Waals surface area contributed by atoms with Gasteiger partial charge in [-0.15, -0.1) is 0 Å². The SMILES string of the molecule is CC1CC(C)CC(Nc2ccc(CC(N)=O)cc2)C1. The van der Waals surface area contributed by atoms with E-state index in [1.165, 1.54) is 19.3 Å². The molecule has 0 bridgehead atoms. The largest absolute Gasteiger partial charge is 0.382 e. The maximum absolute atomic E-state index is 10.8. The van der Waals surface area contributed by atoms with Crippen LogP contribution in [0, 0.1) is 11.8 Å². The monoisotopic (exact) mass is 260 g/mol. The maximum atomic E-state index is 10.8. The molecule has 104 valence electrons. The van der Waals surface area contributed by atoms with Crippen LogP contribution in [-0.4, -0.2) is 11.9 Å². The van der Waals surface area contributed by atoms with Crippen LogP contribution in [0.1, 0.15) is 38.7 Å². The molecule has 1 amide bonds. The predicted octanol–water partition coefficient (Wildman–Crippen LogP) is 2.95. The topological polar surface area (TPSA) is 55.1 Å². The van der Waals surface area contributed by atoms with E-state index >= 15 is 0 Å². The summed E-state index contributed by atoms with van der Waals surface area (Å²) in [5.41, 5.74) is 7.30. The third kappa shape index (κ3) is 4.27. The summed E-state index contributed by atoms with van der Waals surface area (Å²) in [7, 11) is 0. The Hall–Kier alpha value is -1.51. The molecule has 1 aliphatic carbocycles. The quantitative estimate of drug-likeness (QED) is 0.874. The van der Waals surface area contributed by atoms with Crippen LogP contribution in [0.25, 0.3) is 0 Å². The summed E-state index contributed by atoms with van der Waals surface area (Å²) >= 11 is 0. The highest BCUT2D eigenvalue weighted by Gasteiger charge is 2.23. The molecule has 1 aromatic rings. The van der Waals surface area contributed by atoms with Crippen LogP contribution in [0.5, 0.6) is 0 Å².